The van der Waals surface area contributed by atoms with Crippen molar-refractivity contribution in [3.8, 4) is 5.69 Å². The summed E-state index contributed by atoms with van der Waals surface area (Å²) in [5.41, 5.74) is 0.694. The molecule has 3 aliphatic rings. The highest BCUT2D eigenvalue weighted by Gasteiger charge is 2.69. The molecule has 24 heteroatoms. The zero-order valence-electron chi connectivity index (χ0n) is 34.0. The minimum atomic E-state index is -5.28. The van der Waals surface area contributed by atoms with Crippen molar-refractivity contribution in [1.82, 2.24) is 34.1 Å². The van der Waals surface area contributed by atoms with Crippen molar-refractivity contribution in [2.24, 2.45) is 18.7 Å². The number of fused-ring (bicyclic) bond motifs is 5. The molecule has 5 heterocycles. The molecule has 338 valence electrons. The highest BCUT2D eigenvalue weighted by atomic mass is 35.5. The number of aryl methyl sites for hydroxylation is 1. The molecule has 9 rings (SSSR count). The monoisotopic (exact) mass is 936 g/mol. The molecule has 0 radical (unpaired) electrons. The van der Waals surface area contributed by atoms with Crippen LogP contribution in [0.3, 0.4) is 0 Å². The number of pyridine rings is 1. The van der Waals surface area contributed by atoms with E-state index in [2.05, 4.69) is 14.9 Å². The maximum atomic E-state index is 16.3. The normalized spacial score (nSPS) is 21.5. The van der Waals surface area contributed by atoms with Crippen molar-refractivity contribution >= 4 is 61.1 Å². The largest absolute Gasteiger partial charge is 0.435 e. The second kappa shape index (κ2) is 14.9. The van der Waals surface area contributed by atoms with E-state index in [1.54, 1.807) is 6.07 Å². The zero-order chi connectivity index (χ0) is 46.1. The van der Waals surface area contributed by atoms with E-state index in [0.29, 0.717) is 25.0 Å². The number of amides is 1. The molecular formula is C40H36ClF7N10O5S. The Labute approximate surface area is 363 Å². The number of carbonyl (C=O) groups excluding carboxylic acids is 1. The third-order valence-corrected chi connectivity index (χ3v) is 12.6. The van der Waals surface area contributed by atoms with E-state index in [1.165, 1.54) is 25.2 Å². The van der Waals surface area contributed by atoms with E-state index in [-0.39, 0.29) is 67.3 Å². The number of carbonyl (C=O) groups is 1. The number of anilines is 2. The number of hydrogen-bond acceptors (Lipinski definition) is 10. The van der Waals surface area contributed by atoms with Gasteiger partial charge in [-0.25, -0.2) is 31.8 Å². The van der Waals surface area contributed by atoms with Gasteiger partial charge in [0.1, 0.15) is 35.0 Å². The molecule has 15 nitrogen and oxygen atoms in total. The summed E-state index contributed by atoms with van der Waals surface area (Å²) in [4.78, 5) is 40.6. The average molecular weight is 937 g/mol. The summed E-state index contributed by atoms with van der Waals surface area (Å²) in [6.07, 6.45) is -5.98. The Hall–Kier alpha value is -5.81. The Bertz CT molecular complexity index is 3090. The number of rotatable bonds is 10. The Morgan fingerprint density at radius 3 is 2.34 bits per heavy atom. The molecule has 1 saturated carbocycles. The van der Waals surface area contributed by atoms with Crippen LogP contribution < -0.4 is 20.9 Å². The summed E-state index contributed by atoms with van der Waals surface area (Å²) in [5.74, 6) is -12.9. The average Bonchev–Trinajstić information content (AvgIpc) is 3.70. The van der Waals surface area contributed by atoms with Gasteiger partial charge in [0.2, 0.25) is 15.9 Å². The number of aromatic nitrogens is 7. The number of primary amides is 1. The number of nitrogens with zero attached hydrogens (tertiary/aromatic N) is 8. The first kappa shape index (κ1) is 43.4. The summed E-state index contributed by atoms with van der Waals surface area (Å²) in [6.45, 7) is 4.40. The number of ether oxygens (including phenoxy) is 1. The fraction of sp³-hybridized carbons (Fsp3) is 0.400. The SMILES string of the molecule is C[C@@H]1CN(c2ccc3c(=O)n(-c4ccc(Cl)c5c(NS(C)(=O)=O)nn(C)c45)c([C@@H](Cc4cc(F)cc(F)c4)C(C(N)=O)n4nc(C(F)(F)F)c5c4C(F)(F)[C@@H]4C[C@H]54)nc3n2)C[C@H](C)O1. The van der Waals surface area contributed by atoms with Crippen LogP contribution in [0.25, 0.3) is 27.6 Å². The molecule has 2 fully saturated rings. The van der Waals surface area contributed by atoms with Crippen LogP contribution in [0, 0.1) is 17.6 Å². The van der Waals surface area contributed by atoms with Crippen LogP contribution in [-0.4, -0.2) is 80.0 Å². The van der Waals surface area contributed by atoms with E-state index >= 15 is 13.6 Å². The molecule has 6 atom stereocenters. The molecule has 1 amide bonds. The van der Waals surface area contributed by atoms with Gasteiger partial charge in [-0.2, -0.15) is 32.1 Å². The summed E-state index contributed by atoms with van der Waals surface area (Å²) in [5, 5.41) is 7.65. The minimum Gasteiger partial charge on any atom is -0.372 e. The first-order chi connectivity index (χ1) is 29.9. The standard InChI is InChI=1S/C40H36ClF7N10O5S/c1-16-14-56(15-17(2)63-16)27-8-5-21-35(50-27)51-37(57(38(21)60)26-7-6-25(41)29-31(26)55(3)53-36(29)54-64(4,61)62)23(11-18-9-19(42)12-20(43)10-18)30(34(49)59)58-33-28(32(52-58)40(46,47)48)22-13-24(22)39(33,44)45/h5-10,12,16-17,22-24,30H,11,13-15H2,1-4H3,(H2,49,59)(H,53,54)/t16-,17+,22-,23-,24+,30?/m0/s1. The molecule has 2 aliphatic carbocycles. The fourth-order valence-corrected chi connectivity index (χ4v) is 10.1. The number of nitrogens with one attached hydrogen (secondary N) is 1. The number of sulfonamides is 1. The number of halogens is 8. The zero-order valence-corrected chi connectivity index (χ0v) is 35.5. The van der Waals surface area contributed by atoms with Gasteiger partial charge in [0.25, 0.3) is 11.5 Å². The van der Waals surface area contributed by atoms with E-state index in [4.69, 9.17) is 32.0 Å². The topological polar surface area (TPSA) is 185 Å². The first-order valence-electron chi connectivity index (χ1n) is 19.7. The van der Waals surface area contributed by atoms with Gasteiger partial charge >= 0.3 is 6.18 Å². The van der Waals surface area contributed by atoms with Gasteiger partial charge in [0, 0.05) is 37.7 Å². The van der Waals surface area contributed by atoms with Crippen LogP contribution in [0.2, 0.25) is 5.02 Å². The highest BCUT2D eigenvalue weighted by Crippen LogP contribution is 2.69. The Balaban J connectivity index is 1.38. The van der Waals surface area contributed by atoms with Crippen molar-refractivity contribution in [2.45, 2.75) is 68.9 Å². The molecule has 2 aromatic carbocycles. The van der Waals surface area contributed by atoms with Gasteiger partial charge < -0.3 is 15.4 Å². The van der Waals surface area contributed by atoms with Crippen molar-refractivity contribution in [3.63, 3.8) is 0 Å². The molecule has 3 N–H and O–H groups in total. The molecule has 1 unspecified atom stereocenters. The van der Waals surface area contributed by atoms with E-state index in [0.717, 1.165) is 27.6 Å². The van der Waals surface area contributed by atoms with Crippen molar-refractivity contribution in [2.75, 3.05) is 29.0 Å². The van der Waals surface area contributed by atoms with Gasteiger partial charge in [-0.05, 0) is 74.6 Å². The molecule has 1 saturated heterocycles. The van der Waals surface area contributed by atoms with Crippen molar-refractivity contribution in [1.29, 1.82) is 0 Å². The van der Waals surface area contributed by atoms with Crippen LogP contribution in [0.5, 0.6) is 0 Å². The van der Waals surface area contributed by atoms with Gasteiger partial charge in [-0.3, -0.25) is 23.6 Å². The van der Waals surface area contributed by atoms with Crippen LogP contribution >= 0.6 is 11.6 Å². The number of hydrogen-bond donors (Lipinski definition) is 2. The Morgan fingerprint density at radius 1 is 1.05 bits per heavy atom. The lowest BCUT2D eigenvalue weighted by atomic mass is 9.89. The van der Waals surface area contributed by atoms with Crippen LogP contribution in [0.1, 0.15) is 66.5 Å². The van der Waals surface area contributed by atoms with Crippen molar-refractivity contribution in [3.05, 3.63) is 97.8 Å². The van der Waals surface area contributed by atoms with Gasteiger partial charge in [0.05, 0.1) is 51.4 Å². The van der Waals surface area contributed by atoms with Gasteiger partial charge in [-0.1, -0.05) is 11.6 Å². The Kier molecular flexibility index (Phi) is 10.1. The third kappa shape index (κ3) is 7.29. The summed E-state index contributed by atoms with van der Waals surface area (Å²) in [7, 11) is -2.61. The summed E-state index contributed by atoms with van der Waals surface area (Å²) < 4.78 is 142. The molecule has 6 aromatic rings. The second-order valence-corrected chi connectivity index (χ2v) is 18.7. The number of alkyl halides is 5. The van der Waals surface area contributed by atoms with Gasteiger partial charge in [0.15, 0.2) is 17.2 Å². The summed E-state index contributed by atoms with van der Waals surface area (Å²) >= 11 is 6.64. The lowest BCUT2D eigenvalue weighted by molar-refractivity contribution is -0.142. The van der Waals surface area contributed by atoms with Gasteiger partial charge in [-0.15, -0.1) is 0 Å². The van der Waals surface area contributed by atoms with Crippen molar-refractivity contribution < 1.29 is 48.7 Å². The Morgan fingerprint density at radius 2 is 1.72 bits per heavy atom. The number of nitrogens with two attached hydrogens (primary N) is 1. The van der Waals surface area contributed by atoms with Crippen LogP contribution in [0.4, 0.5) is 42.4 Å². The predicted octanol–water partition coefficient (Wildman–Crippen LogP) is 6.06. The molecular weight excluding hydrogens is 901 g/mol. The van der Waals surface area contributed by atoms with E-state index < -0.39 is 98.2 Å². The predicted molar refractivity (Wildman–Crippen MR) is 218 cm³/mol. The highest BCUT2D eigenvalue weighted by molar-refractivity contribution is 7.92. The lowest BCUT2D eigenvalue weighted by Gasteiger charge is -2.36. The maximum Gasteiger partial charge on any atom is 0.435 e. The van der Waals surface area contributed by atoms with Crippen LogP contribution in [0.15, 0.2) is 47.3 Å². The quantitative estimate of drug-likeness (QED) is 0.153. The second-order valence-electron chi connectivity index (χ2n) is 16.5. The molecule has 4 aromatic heterocycles. The lowest BCUT2D eigenvalue weighted by Crippen LogP contribution is -2.45. The minimum absolute atomic E-state index is 0.0267. The van der Waals surface area contributed by atoms with Crippen LogP contribution in [-0.2, 0) is 45.1 Å². The van der Waals surface area contributed by atoms with E-state index in [9.17, 15) is 35.2 Å². The fourth-order valence-electron chi connectivity index (χ4n) is 9.33. The molecule has 1 aliphatic heterocycles. The summed E-state index contributed by atoms with van der Waals surface area (Å²) in [6, 6.07) is 5.42. The molecule has 64 heavy (non-hydrogen) atoms. The molecule has 0 spiro atoms. The maximum absolute atomic E-state index is 16.3. The smallest absolute Gasteiger partial charge is 0.372 e. The third-order valence-electron chi connectivity index (χ3n) is 11.7. The van der Waals surface area contributed by atoms with E-state index in [1.807, 2.05) is 18.7 Å². The number of benzene rings is 2. The number of morpholine rings is 1. The molecule has 0 bridgehead atoms. The first-order valence-corrected chi connectivity index (χ1v) is 22.0.